The van der Waals surface area contributed by atoms with E-state index in [1.807, 2.05) is 48.5 Å². The molecule has 2 atom stereocenters. The molecule has 2 aromatic carbocycles. The smallest absolute Gasteiger partial charge is 0.245 e. The molecular weight excluding hydrogens is 562 g/mol. The Kier molecular flexibility index (Phi) is 11.3. The number of benzene rings is 2. The predicted octanol–water partition coefficient (Wildman–Crippen LogP) is 3.25. The van der Waals surface area contributed by atoms with Crippen LogP contribution in [-0.4, -0.2) is 72.5 Å². The van der Waals surface area contributed by atoms with E-state index in [0.717, 1.165) is 33.9 Å². The molecule has 1 saturated heterocycles. The summed E-state index contributed by atoms with van der Waals surface area (Å²) in [4.78, 5) is 45.1. The summed E-state index contributed by atoms with van der Waals surface area (Å²) in [5, 5.41) is 7.32. The summed E-state index contributed by atoms with van der Waals surface area (Å²) in [5.41, 5.74) is 8.06. The number of nitrogens with zero attached hydrogens (tertiary/aromatic N) is 2. The number of halogens is 1. The fourth-order valence-corrected chi connectivity index (χ4v) is 5.92. The Balaban J connectivity index is 1.53. The monoisotopic (exact) mass is 597 g/mol. The molecule has 9 nitrogen and oxygen atoms in total. The quantitative estimate of drug-likeness (QED) is 0.260. The third-order valence-electron chi connectivity index (χ3n) is 6.88. The SMILES string of the molecule is CCC(=O)N[C@@H](Cc1nc2ccc(Cl)cc2s1)C(=O)N[C@@H](CC=C(CN1CCOCC1)C(N)=O)Cc1ccccc1. The molecular formula is C30H36ClN5O4S. The first-order valence-corrected chi connectivity index (χ1v) is 15.0. The molecule has 0 bridgehead atoms. The number of thiazole rings is 1. The summed E-state index contributed by atoms with van der Waals surface area (Å²) < 4.78 is 6.33. The zero-order valence-corrected chi connectivity index (χ0v) is 24.7. The second-order valence-electron chi connectivity index (χ2n) is 10.0. The van der Waals surface area contributed by atoms with Crippen molar-refractivity contribution < 1.29 is 19.1 Å². The molecule has 0 saturated carbocycles. The molecule has 0 radical (unpaired) electrons. The van der Waals surface area contributed by atoms with Crippen LogP contribution in [0.5, 0.6) is 0 Å². The fraction of sp³-hybridized carbons (Fsp3) is 0.400. The van der Waals surface area contributed by atoms with Crippen LogP contribution in [0.25, 0.3) is 10.2 Å². The van der Waals surface area contributed by atoms with Gasteiger partial charge in [0.1, 0.15) is 6.04 Å². The average molecular weight is 598 g/mol. The lowest BCUT2D eigenvalue weighted by atomic mass is 10.0. The number of hydrogen-bond donors (Lipinski definition) is 3. The van der Waals surface area contributed by atoms with Crippen molar-refractivity contribution in [2.75, 3.05) is 32.8 Å². The molecule has 218 valence electrons. The fourth-order valence-electron chi connectivity index (χ4n) is 4.64. The number of fused-ring (bicyclic) bond motifs is 1. The van der Waals surface area contributed by atoms with Crippen LogP contribution in [0.2, 0.25) is 5.02 Å². The number of primary amides is 1. The first-order valence-electron chi connectivity index (χ1n) is 13.8. The molecule has 1 aromatic heterocycles. The highest BCUT2D eigenvalue weighted by atomic mass is 35.5. The van der Waals surface area contributed by atoms with Gasteiger partial charge >= 0.3 is 0 Å². The van der Waals surface area contributed by atoms with Gasteiger partial charge in [-0.3, -0.25) is 19.3 Å². The molecule has 1 fully saturated rings. The van der Waals surface area contributed by atoms with Crippen LogP contribution in [0.1, 0.15) is 30.3 Å². The minimum Gasteiger partial charge on any atom is -0.379 e. The highest BCUT2D eigenvalue weighted by Gasteiger charge is 2.25. The summed E-state index contributed by atoms with van der Waals surface area (Å²) in [5.74, 6) is -1.02. The maximum Gasteiger partial charge on any atom is 0.245 e. The van der Waals surface area contributed by atoms with Gasteiger partial charge in [0.2, 0.25) is 17.7 Å². The number of ether oxygens (including phenoxy) is 1. The van der Waals surface area contributed by atoms with Gasteiger partial charge in [0, 0.05) is 49.1 Å². The van der Waals surface area contributed by atoms with Crippen molar-refractivity contribution in [3.05, 3.63) is 75.8 Å². The van der Waals surface area contributed by atoms with Crippen LogP contribution in [-0.2, 0) is 32.0 Å². The Labute approximate surface area is 249 Å². The maximum absolute atomic E-state index is 13.7. The number of nitrogens with two attached hydrogens (primary N) is 1. The van der Waals surface area contributed by atoms with E-state index in [1.54, 1.807) is 13.0 Å². The van der Waals surface area contributed by atoms with E-state index < -0.39 is 11.9 Å². The third-order valence-corrected chi connectivity index (χ3v) is 8.16. The molecule has 11 heteroatoms. The van der Waals surface area contributed by atoms with Gasteiger partial charge in [-0.25, -0.2) is 4.98 Å². The summed E-state index contributed by atoms with van der Waals surface area (Å²) in [6.45, 7) is 4.86. The van der Waals surface area contributed by atoms with Crippen LogP contribution >= 0.6 is 22.9 Å². The minimum absolute atomic E-state index is 0.227. The highest BCUT2D eigenvalue weighted by Crippen LogP contribution is 2.26. The molecule has 0 unspecified atom stereocenters. The van der Waals surface area contributed by atoms with E-state index in [-0.39, 0.29) is 30.7 Å². The van der Waals surface area contributed by atoms with Crippen molar-refractivity contribution in [1.29, 1.82) is 0 Å². The predicted molar refractivity (Wildman–Crippen MR) is 162 cm³/mol. The van der Waals surface area contributed by atoms with Gasteiger partial charge < -0.3 is 21.1 Å². The standard InChI is InChI=1S/C30H36ClN5O4S/c1-2-27(37)34-25(18-28-35-24-11-9-22(31)17-26(24)41-28)30(39)33-23(16-20-6-4-3-5-7-20)10-8-21(29(32)38)19-36-12-14-40-15-13-36/h3-9,11,17,23,25H,2,10,12-16,18-19H2,1H3,(H2,32,38)(H,33,39)(H,34,37)/t23-,25-/m0/s1. The lowest BCUT2D eigenvalue weighted by molar-refractivity contribution is -0.129. The van der Waals surface area contributed by atoms with Crippen LogP contribution in [0.3, 0.4) is 0 Å². The van der Waals surface area contributed by atoms with Gasteiger partial charge in [-0.05, 0) is 36.6 Å². The first-order chi connectivity index (χ1) is 19.8. The van der Waals surface area contributed by atoms with Gasteiger partial charge in [0.25, 0.3) is 0 Å². The lowest BCUT2D eigenvalue weighted by Crippen LogP contribution is -2.51. The summed E-state index contributed by atoms with van der Waals surface area (Å²) >= 11 is 7.58. The largest absolute Gasteiger partial charge is 0.379 e. The third kappa shape index (κ3) is 9.36. The highest BCUT2D eigenvalue weighted by molar-refractivity contribution is 7.18. The van der Waals surface area contributed by atoms with Crippen LogP contribution in [0, 0.1) is 0 Å². The number of amides is 3. The van der Waals surface area contributed by atoms with E-state index in [2.05, 4.69) is 20.5 Å². The number of aromatic nitrogens is 1. The lowest BCUT2D eigenvalue weighted by Gasteiger charge is -2.27. The topological polar surface area (TPSA) is 127 Å². The molecule has 1 aliphatic rings. The van der Waals surface area contributed by atoms with E-state index in [9.17, 15) is 14.4 Å². The molecule has 41 heavy (non-hydrogen) atoms. The Morgan fingerprint density at radius 3 is 2.59 bits per heavy atom. The van der Waals surface area contributed by atoms with Crippen molar-refractivity contribution in [3.8, 4) is 0 Å². The van der Waals surface area contributed by atoms with E-state index in [4.69, 9.17) is 22.1 Å². The number of morpholine rings is 1. The molecule has 4 N–H and O–H groups in total. The van der Waals surface area contributed by atoms with Crippen molar-refractivity contribution in [1.82, 2.24) is 20.5 Å². The normalized spacial score (nSPS) is 15.8. The number of rotatable bonds is 13. The van der Waals surface area contributed by atoms with Gasteiger partial charge in [0.05, 0.1) is 28.4 Å². The summed E-state index contributed by atoms with van der Waals surface area (Å²) in [6.07, 6.45) is 3.26. The van der Waals surface area contributed by atoms with Gasteiger partial charge in [-0.2, -0.15) is 0 Å². The number of hydrogen-bond acceptors (Lipinski definition) is 7. The van der Waals surface area contributed by atoms with Crippen LogP contribution < -0.4 is 16.4 Å². The minimum atomic E-state index is -0.815. The zero-order chi connectivity index (χ0) is 29.2. The molecule has 1 aliphatic heterocycles. The number of carbonyl (C=O) groups excluding carboxylic acids is 3. The van der Waals surface area contributed by atoms with Crippen molar-refractivity contribution in [2.45, 2.75) is 44.7 Å². The van der Waals surface area contributed by atoms with E-state index in [1.165, 1.54) is 11.3 Å². The average Bonchev–Trinajstić information content (AvgIpc) is 3.37. The Morgan fingerprint density at radius 1 is 1.12 bits per heavy atom. The Bertz CT molecular complexity index is 1370. The maximum atomic E-state index is 13.7. The van der Waals surface area contributed by atoms with E-state index in [0.29, 0.717) is 43.2 Å². The molecule has 3 aromatic rings. The first kappa shape index (κ1) is 30.6. The van der Waals surface area contributed by atoms with Crippen LogP contribution in [0.15, 0.2) is 60.2 Å². The summed E-state index contributed by atoms with van der Waals surface area (Å²) in [6, 6.07) is 14.1. The Morgan fingerprint density at radius 2 is 1.88 bits per heavy atom. The molecule has 2 heterocycles. The van der Waals surface area contributed by atoms with Gasteiger partial charge in [0.15, 0.2) is 0 Å². The van der Waals surface area contributed by atoms with E-state index >= 15 is 0 Å². The number of carbonyl (C=O) groups is 3. The molecule has 3 amide bonds. The second kappa shape index (κ2) is 15.1. The zero-order valence-electron chi connectivity index (χ0n) is 23.1. The van der Waals surface area contributed by atoms with Crippen molar-refractivity contribution in [3.63, 3.8) is 0 Å². The molecule has 4 rings (SSSR count). The van der Waals surface area contributed by atoms with Crippen molar-refractivity contribution in [2.24, 2.45) is 5.73 Å². The summed E-state index contributed by atoms with van der Waals surface area (Å²) in [7, 11) is 0. The van der Waals surface area contributed by atoms with Crippen LogP contribution in [0.4, 0.5) is 0 Å². The molecule has 0 spiro atoms. The number of nitrogens with one attached hydrogen (secondary N) is 2. The van der Waals surface area contributed by atoms with Gasteiger partial charge in [-0.15, -0.1) is 11.3 Å². The van der Waals surface area contributed by atoms with Gasteiger partial charge in [-0.1, -0.05) is 54.9 Å². The molecule has 0 aliphatic carbocycles. The van der Waals surface area contributed by atoms with Crippen molar-refractivity contribution >= 4 is 50.9 Å². The Hall–Kier alpha value is -3.31. The second-order valence-corrected chi connectivity index (χ2v) is 11.6.